The molecule has 0 radical (unpaired) electrons. The highest BCUT2D eigenvalue weighted by molar-refractivity contribution is 6.06. The number of benzene rings is 5. The number of hydrogen-bond donors (Lipinski definition) is 3. The van der Waals surface area contributed by atoms with Gasteiger partial charge in [0, 0.05) is 36.8 Å². The van der Waals surface area contributed by atoms with E-state index in [9.17, 15) is 24.3 Å². The van der Waals surface area contributed by atoms with Crippen molar-refractivity contribution < 1.29 is 38.5 Å². The Labute approximate surface area is 372 Å². The zero-order valence-corrected chi connectivity index (χ0v) is 35.8. The highest BCUT2D eigenvalue weighted by Crippen LogP contribution is 2.43. The van der Waals surface area contributed by atoms with Crippen LogP contribution in [0.3, 0.4) is 0 Å². The smallest absolute Gasteiger partial charge is 0.408 e. The zero-order chi connectivity index (χ0) is 44.2. The molecule has 4 amide bonds. The number of para-hydroxylation sites is 1. The summed E-state index contributed by atoms with van der Waals surface area (Å²) in [7, 11) is 0. The molecule has 1 spiro atoms. The molecule has 13 nitrogen and oxygen atoms in total. The first kappa shape index (κ1) is 42.9. The summed E-state index contributed by atoms with van der Waals surface area (Å²) in [6.07, 6.45) is -0.672. The fourth-order valence-electron chi connectivity index (χ4n) is 9.52. The standard InChI is InChI=1S/C51H53N5O8/c1-34-44(30-54-26-24-51(25-27-54)49(60)52-33-56(51)41-13-6-3-7-14-41)63-48(64-46(34)38-18-16-35(31-57)17-19-38)39-22-20-37(21-23-39)42-15-9-8-12-40(42)29-55-45(58)28-43(47(55)59)53-50(61)62-32-36-10-4-2-5-11-36/h2-23,34,43-44,46,48,57H,24-33H2,1H3,(H,52,60)(H,53,61)/t34-,43?,44+,46+,48+/m1/s1. The second-order valence-electron chi connectivity index (χ2n) is 17.1. The van der Waals surface area contributed by atoms with E-state index in [1.54, 1.807) is 0 Å². The maximum Gasteiger partial charge on any atom is 0.408 e. The van der Waals surface area contributed by atoms with Gasteiger partial charge in [-0.05, 0) is 58.4 Å². The quantitative estimate of drug-likeness (QED) is 0.117. The number of likely N-dealkylation sites (tertiary alicyclic amines) is 2. The number of alkyl carbamates (subject to hydrolysis) is 1. The van der Waals surface area contributed by atoms with Crippen LogP contribution in [0.5, 0.6) is 0 Å². The molecule has 330 valence electrons. The second kappa shape index (κ2) is 18.8. The van der Waals surface area contributed by atoms with Gasteiger partial charge < -0.3 is 39.8 Å². The van der Waals surface area contributed by atoms with E-state index in [4.69, 9.17) is 14.2 Å². The van der Waals surface area contributed by atoms with Gasteiger partial charge in [0.05, 0.1) is 38.4 Å². The minimum Gasteiger partial charge on any atom is -0.445 e. The van der Waals surface area contributed by atoms with E-state index in [-0.39, 0.29) is 56.1 Å². The zero-order valence-electron chi connectivity index (χ0n) is 35.8. The first-order valence-electron chi connectivity index (χ1n) is 22.0. The lowest BCUT2D eigenvalue weighted by atomic mass is 9.84. The molecule has 4 saturated heterocycles. The fraction of sp³-hybridized carbons (Fsp3) is 0.333. The van der Waals surface area contributed by atoms with Crippen molar-refractivity contribution in [3.8, 4) is 11.1 Å². The molecule has 0 aromatic heterocycles. The fourth-order valence-corrected chi connectivity index (χ4v) is 9.52. The molecule has 4 aliphatic heterocycles. The van der Waals surface area contributed by atoms with Crippen LogP contribution >= 0.6 is 0 Å². The molecular formula is C51H53N5O8. The number of amides is 4. The Kier molecular flexibility index (Phi) is 12.6. The van der Waals surface area contributed by atoms with Crippen molar-refractivity contribution in [3.05, 3.63) is 161 Å². The van der Waals surface area contributed by atoms with E-state index in [2.05, 4.69) is 39.5 Å². The minimum absolute atomic E-state index is 0.0143. The van der Waals surface area contributed by atoms with Crippen LogP contribution in [0, 0.1) is 5.92 Å². The Hall–Kier alpha value is -6.38. The molecular weight excluding hydrogens is 811 g/mol. The maximum atomic E-state index is 13.4. The first-order chi connectivity index (χ1) is 31.2. The molecule has 0 saturated carbocycles. The number of carbonyl (C=O) groups is 4. The Morgan fingerprint density at radius 3 is 2.20 bits per heavy atom. The van der Waals surface area contributed by atoms with Gasteiger partial charge in [-0.3, -0.25) is 19.3 Å². The van der Waals surface area contributed by atoms with Crippen molar-refractivity contribution in [1.29, 1.82) is 0 Å². The lowest BCUT2D eigenvalue weighted by Crippen LogP contribution is -2.57. The summed E-state index contributed by atoms with van der Waals surface area (Å²) >= 11 is 0. The molecule has 1 unspecified atom stereocenters. The number of ether oxygens (including phenoxy) is 3. The van der Waals surface area contributed by atoms with Gasteiger partial charge in [0.1, 0.15) is 18.2 Å². The Bertz CT molecular complexity index is 2440. The van der Waals surface area contributed by atoms with Gasteiger partial charge in [-0.1, -0.05) is 128 Å². The van der Waals surface area contributed by atoms with Crippen LogP contribution in [0.2, 0.25) is 0 Å². The van der Waals surface area contributed by atoms with Gasteiger partial charge in [-0.15, -0.1) is 0 Å². The van der Waals surface area contributed by atoms with E-state index in [0.717, 1.165) is 57.7 Å². The summed E-state index contributed by atoms with van der Waals surface area (Å²) in [5.74, 6) is -0.784. The molecule has 9 rings (SSSR count). The molecule has 3 N–H and O–H groups in total. The summed E-state index contributed by atoms with van der Waals surface area (Å²) in [6.45, 7) is 4.85. The van der Waals surface area contributed by atoms with E-state index in [1.807, 2.05) is 121 Å². The lowest BCUT2D eigenvalue weighted by Gasteiger charge is -2.46. The van der Waals surface area contributed by atoms with Crippen LogP contribution in [0.15, 0.2) is 133 Å². The molecule has 4 heterocycles. The van der Waals surface area contributed by atoms with Gasteiger partial charge in [0.25, 0.3) is 5.91 Å². The number of nitrogens with one attached hydrogen (secondary N) is 2. The third kappa shape index (κ3) is 8.89. The second-order valence-corrected chi connectivity index (χ2v) is 17.1. The van der Waals surface area contributed by atoms with Gasteiger partial charge in [0.2, 0.25) is 11.8 Å². The molecule has 5 aromatic rings. The predicted molar refractivity (Wildman–Crippen MR) is 239 cm³/mol. The van der Waals surface area contributed by atoms with Crippen molar-refractivity contribution in [3.63, 3.8) is 0 Å². The highest BCUT2D eigenvalue weighted by Gasteiger charge is 2.51. The van der Waals surface area contributed by atoms with Crippen LogP contribution in [0.1, 0.15) is 66.4 Å². The average molecular weight is 864 g/mol. The number of piperidine rings is 1. The number of nitrogens with zero attached hydrogens (tertiary/aromatic N) is 3. The average Bonchev–Trinajstić information content (AvgIpc) is 3.79. The van der Waals surface area contributed by atoms with Gasteiger partial charge in [-0.2, -0.15) is 0 Å². The molecule has 64 heavy (non-hydrogen) atoms. The number of aliphatic hydroxyl groups excluding tert-OH is 1. The van der Waals surface area contributed by atoms with Crippen molar-refractivity contribution in [2.45, 2.75) is 76.0 Å². The normalized spacial score (nSPS) is 23.3. The molecule has 5 aromatic carbocycles. The molecule has 0 bridgehead atoms. The molecule has 13 heteroatoms. The summed E-state index contributed by atoms with van der Waals surface area (Å²) in [4.78, 5) is 58.4. The summed E-state index contributed by atoms with van der Waals surface area (Å²) < 4.78 is 18.9. The van der Waals surface area contributed by atoms with E-state index < -0.39 is 29.9 Å². The summed E-state index contributed by atoms with van der Waals surface area (Å²) in [5, 5.41) is 15.4. The van der Waals surface area contributed by atoms with Crippen molar-refractivity contribution >= 4 is 29.5 Å². The first-order valence-corrected chi connectivity index (χ1v) is 22.0. The predicted octanol–water partition coefficient (Wildman–Crippen LogP) is 6.62. The van der Waals surface area contributed by atoms with Gasteiger partial charge >= 0.3 is 6.09 Å². The number of carbonyl (C=O) groups excluding carboxylic acids is 4. The number of anilines is 1. The third-order valence-corrected chi connectivity index (χ3v) is 13.2. The van der Waals surface area contributed by atoms with E-state index >= 15 is 0 Å². The van der Waals surface area contributed by atoms with E-state index in [1.165, 1.54) is 4.90 Å². The van der Waals surface area contributed by atoms with Crippen molar-refractivity contribution in [2.75, 3.05) is 31.2 Å². The van der Waals surface area contributed by atoms with Crippen LogP contribution in [0.4, 0.5) is 10.5 Å². The van der Waals surface area contributed by atoms with E-state index in [0.29, 0.717) is 26.1 Å². The van der Waals surface area contributed by atoms with Crippen molar-refractivity contribution in [2.24, 2.45) is 5.92 Å². The van der Waals surface area contributed by atoms with Crippen LogP contribution in [0.25, 0.3) is 11.1 Å². The third-order valence-electron chi connectivity index (χ3n) is 13.2. The Balaban J connectivity index is 0.886. The monoisotopic (exact) mass is 863 g/mol. The van der Waals surface area contributed by atoms with Gasteiger partial charge in [-0.25, -0.2) is 4.79 Å². The summed E-state index contributed by atoms with van der Waals surface area (Å²) in [6, 6.07) is 41.8. The number of hydrogen-bond acceptors (Lipinski definition) is 10. The topological polar surface area (TPSA) is 150 Å². The number of aliphatic hydroxyl groups is 1. The van der Waals surface area contributed by atoms with Crippen LogP contribution in [-0.4, -0.2) is 82.7 Å². The van der Waals surface area contributed by atoms with Crippen LogP contribution < -0.4 is 15.5 Å². The number of imide groups is 1. The van der Waals surface area contributed by atoms with Gasteiger partial charge in [0.15, 0.2) is 6.29 Å². The molecule has 4 aliphatic rings. The minimum atomic E-state index is -1.01. The molecule has 0 aliphatic carbocycles. The molecule has 4 fully saturated rings. The highest BCUT2D eigenvalue weighted by atomic mass is 16.7. The van der Waals surface area contributed by atoms with Crippen molar-refractivity contribution in [1.82, 2.24) is 20.4 Å². The maximum absolute atomic E-state index is 13.4. The number of rotatable bonds is 12. The Morgan fingerprint density at radius 2 is 1.48 bits per heavy atom. The lowest BCUT2D eigenvalue weighted by molar-refractivity contribution is -0.276. The molecule has 5 atom stereocenters. The van der Waals surface area contributed by atoms with Crippen LogP contribution in [-0.2, 0) is 48.4 Å². The largest absolute Gasteiger partial charge is 0.445 e. The SMILES string of the molecule is C[C@@H]1[C@H](CN2CCC3(CC2)C(=O)NCN3c2ccccc2)O[C@H](c2ccc(-c3ccccc3CN3C(=O)CC(NC(=O)OCc4ccccc4)C3=O)cc2)O[C@@H]1c1ccc(CO)cc1. The summed E-state index contributed by atoms with van der Waals surface area (Å²) in [5.41, 5.74) is 6.45. The Morgan fingerprint density at radius 1 is 0.812 bits per heavy atom.